The largest absolute Gasteiger partial charge is 0.466 e. The van der Waals surface area contributed by atoms with Crippen molar-refractivity contribution in [2.75, 3.05) is 7.11 Å². The monoisotopic (exact) mass is 524 g/mol. The van der Waals surface area contributed by atoms with Gasteiger partial charge in [0.2, 0.25) is 5.79 Å². The molecule has 0 aromatic carbocycles. The molecule has 2 heterocycles. The molecule has 0 radical (unpaired) electrons. The first kappa shape index (κ1) is 27.7. The van der Waals surface area contributed by atoms with Gasteiger partial charge in [-0.3, -0.25) is 14.4 Å². The van der Waals surface area contributed by atoms with Gasteiger partial charge >= 0.3 is 17.9 Å². The number of aliphatic hydroxyl groups excluding tert-OH is 1. The van der Waals surface area contributed by atoms with Crippen molar-refractivity contribution in [2.24, 2.45) is 34.0 Å². The topological polar surface area (TPSA) is 166 Å². The Morgan fingerprint density at radius 3 is 2.22 bits per heavy atom. The van der Waals surface area contributed by atoms with Gasteiger partial charge in [-0.2, -0.15) is 0 Å². The zero-order chi connectivity index (χ0) is 28.1. The number of rotatable bonds is 3. The maximum absolute atomic E-state index is 13.6. The van der Waals surface area contributed by atoms with Gasteiger partial charge in [-0.15, -0.1) is 0 Å². The molecule has 2 saturated carbocycles. The van der Waals surface area contributed by atoms with Crippen LogP contribution < -0.4 is 0 Å². The molecule has 11 heteroatoms. The summed E-state index contributed by atoms with van der Waals surface area (Å²) in [7, 11) is 1.15. The summed E-state index contributed by atoms with van der Waals surface area (Å²) in [4.78, 5) is 51.1. The minimum absolute atomic E-state index is 0.590. The highest BCUT2D eigenvalue weighted by Crippen LogP contribution is 2.79. The summed E-state index contributed by atoms with van der Waals surface area (Å²) in [6.45, 7) is 10.4. The van der Waals surface area contributed by atoms with Crippen LogP contribution in [0.2, 0.25) is 0 Å². The van der Waals surface area contributed by atoms with E-state index in [1.807, 2.05) is 0 Å². The molecule has 0 aromatic rings. The Morgan fingerprint density at radius 2 is 1.68 bits per heavy atom. The molecular formula is C26H36O11. The Kier molecular flexibility index (Phi) is 6.05. The lowest BCUT2D eigenvalue weighted by Gasteiger charge is -2.66. The number of ether oxygens (including phenoxy) is 4. The molecule has 4 aliphatic rings. The third kappa shape index (κ3) is 2.86. The van der Waals surface area contributed by atoms with Gasteiger partial charge in [0, 0.05) is 41.1 Å². The van der Waals surface area contributed by atoms with Gasteiger partial charge in [0.1, 0.15) is 18.3 Å². The van der Waals surface area contributed by atoms with Crippen LogP contribution in [0.1, 0.15) is 48.5 Å². The Morgan fingerprint density at radius 1 is 1.08 bits per heavy atom. The molecule has 0 bridgehead atoms. The summed E-state index contributed by atoms with van der Waals surface area (Å²) in [5, 5.41) is 36.6. The van der Waals surface area contributed by atoms with Gasteiger partial charge < -0.3 is 34.3 Å². The number of hydrogen-bond acceptors (Lipinski definition) is 11. The van der Waals surface area contributed by atoms with Crippen molar-refractivity contribution in [1.29, 1.82) is 0 Å². The highest BCUT2D eigenvalue weighted by atomic mass is 16.7. The van der Waals surface area contributed by atoms with Crippen LogP contribution >= 0.6 is 0 Å². The first-order valence-corrected chi connectivity index (χ1v) is 12.4. The molecule has 37 heavy (non-hydrogen) atoms. The molecule has 6 unspecified atom stereocenters. The SMILES string of the molecule is COC(=O)/C=C\[C@]1(C)C2C(O)C(OC(C)=O)C3[C@H](C)OC(=O)C(C)C3(C)[C@]2(C)[C@]2(O)O[C@@H](C)C(=O)[C@@]21O. The van der Waals surface area contributed by atoms with E-state index < -0.39 is 93.5 Å². The van der Waals surface area contributed by atoms with Crippen molar-refractivity contribution < 1.29 is 53.4 Å². The average molecular weight is 525 g/mol. The number of ketones is 1. The molecular weight excluding hydrogens is 488 g/mol. The predicted molar refractivity (Wildman–Crippen MR) is 124 cm³/mol. The third-order valence-corrected chi connectivity index (χ3v) is 10.3. The van der Waals surface area contributed by atoms with Crippen LogP contribution in [0.5, 0.6) is 0 Å². The lowest BCUT2D eigenvalue weighted by molar-refractivity contribution is -0.362. The van der Waals surface area contributed by atoms with Crippen LogP contribution in [-0.4, -0.2) is 81.9 Å². The van der Waals surface area contributed by atoms with Gasteiger partial charge in [0.15, 0.2) is 11.4 Å². The van der Waals surface area contributed by atoms with E-state index in [0.717, 1.165) is 13.2 Å². The highest BCUT2D eigenvalue weighted by molar-refractivity contribution is 5.97. The molecule has 206 valence electrons. The second-order valence-electron chi connectivity index (χ2n) is 11.5. The Labute approximate surface area is 215 Å². The smallest absolute Gasteiger partial charge is 0.330 e. The number of aliphatic hydroxyl groups is 3. The number of carbonyl (C=O) groups excluding carboxylic acids is 4. The first-order valence-electron chi connectivity index (χ1n) is 12.4. The summed E-state index contributed by atoms with van der Waals surface area (Å²) in [6.07, 6.45) is -2.69. The molecule has 2 aliphatic heterocycles. The van der Waals surface area contributed by atoms with E-state index in [1.165, 1.54) is 26.8 Å². The van der Waals surface area contributed by atoms with Crippen molar-refractivity contribution in [3.63, 3.8) is 0 Å². The van der Waals surface area contributed by atoms with Gasteiger partial charge in [-0.25, -0.2) is 4.79 Å². The van der Waals surface area contributed by atoms with E-state index in [9.17, 15) is 34.5 Å². The van der Waals surface area contributed by atoms with E-state index in [4.69, 9.17) is 18.9 Å². The summed E-state index contributed by atoms with van der Waals surface area (Å²) in [5.41, 5.74) is -7.57. The standard InChI is InChI=1S/C26H36O11/c1-11-21(31)35-12(2)16-18(36-14(4)27)17(29)19-22(5,10-9-15(28)34-8)25(32)20(30)13(3)37-26(25,33)24(19,7)23(11,16)6/h9-13,16-19,29,32-33H,1-8H3/b10-9-/t11?,12-,13-,16?,17?,18?,19?,22+,23?,24+,25-,26-/m0/s1. The normalized spacial score (nSPS) is 52.8. The van der Waals surface area contributed by atoms with Crippen molar-refractivity contribution >= 4 is 23.7 Å². The summed E-state index contributed by atoms with van der Waals surface area (Å²) in [6, 6.07) is 0. The third-order valence-electron chi connectivity index (χ3n) is 10.3. The van der Waals surface area contributed by atoms with Crippen LogP contribution in [0.3, 0.4) is 0 Å². The van der Waals surface area contributed by atoms with Gasteiger partial charge in [-0.05, 0) is 13.8 Å². The van der Waals surface area contributed by atoms with E-state index in [2.05, 4.69) is 0 Å². The number of hydrogen-bond donors (Lipinski definition) is 3. The van der Waals surface area contributed by atoms with Gasteiger partial charge in [0.25, 0.3) is 0 Å². The molecule has 2 saturated heterocycles. The molecule has 0 spiro atoms. The van der Waals surface area contributed by atoms with Crippen LogP contribution in [-0.2, 0) is 38.1 Å². The fraction of sp³-hybridized carbons (Fsp3) is 0.769. The van der Waals surface area contributed by atoms with Crippen LogP contribution in [0.15, 0.2) is 12.2 Å². The highest BCUT2D eigenvalue weighted by Gasteiger charge is 2.92. The number of carbonyl (C=O) groups is 4. The Balaban J connectivity index is 2.12. The minimum atomic E-state index is -2.66. The summed E-state index contributed by atoms with van der Waals surface area (Å²) < 4.78 is 21.8. The first-order chi connectivity index (χ1) is 16.9. The minimum Gasteiger partial charge on any atom is -0.466 e. The second kappa shape index (κ2) is 8.08. The quantitative estimate of drug-likeness (QED) is 0.264. The van der Waals surface area contributed by atoms with Gasteiger partial charge in [0.05, 0.1) is 19.1 Å². The fourth-order valence-corrected chi connectivity index (χ4v) is 8.47. The van der Waals surface area contributed by atoms with Crippen molar-refractivity contribution in [2.45, 2.75) is 84.3 Å². The van der Waals surface area contributed by atoms with Crippen molar-refractivity contribution in [1.82, 2.24) is 0 Å². The van der Waals surface area contributed by atoms with E-state index in [0.29, 0.717) is 0 Å². The number of Topliss-reactive ketones (excluding diaryl/α,β-unsaturated/α-hetero) is 1. The zero-order valence-electron chi connectivity index (χ0n) is 22.3. The van der Waals surface area contributed by atoms with E-state index >= 15 is 0 Å². The lowest BCUT2D eigenvalue weighted by atomic mass is 9.40. The molecule has 2 aliphatic carbocycles. The second-order valence-corrected chi connectivity index (χ2v) is 11.5. The van der Waals surface area contributed by atoms with Gasteiger partial charge in [-0.1, -0.05) is 33.8 Å². The van der Waals surface area contributed by atoms with E-state index in [-0.39, 0.29) is 0 Å². The van der Waals surface area contributed by atoms with Crippen molar-refractivity contribution in [3.05, 3.63) is 12.2 Å². The number of cyclic esters (lactones) is 1. The van der Waals surface area contributed by atoms with Crippen LogP contribution in [0, 0.1) is 34.0 Å². The average Bonchev–Trinajstić information content (AvgIpc) is 3.07. The van der Waals surface area contributed by atoms with Crippen LogP contribution in [0.25, 0.3) is 0 Å². The molecule has 4 rings (SSSR count). The number of methoxy groups -OCH3 is 1. The van der Waals surface area contributed by atoms with Crippen molar-refractivity contribution in [3.8, 4) is 0 Å². The van der Waals surface area contributed by atoms with E-state index in [1.54, 1.807) is 27.7 Å². The fourth-order valence-electron chi connectivity index (χ4n) is 8.47. The predicted octanol–water partition coefficient (Wildman–Crippen LogP) is 0.276. The maximum atomic E-state index is 13.6. The Bertz CT molecular complexity index is 1090. The maximum Gasteiger partial charge on any atom is 0.330 e. The molecule has 12 atom stereocenters. The number of esters is 3. The zero-order valence-corrected chi connectivity index (χ0v) is 22.3. The molecule has 4 fully saturated rings. The Hall–Kier alpha value is -2.34. The molecule has 11 nitrogen and oxygen atoms in total. The summed E-state index contributed by atoms with van der Waals surface area (Å²) >= 11 is 0. The molecule has 3 N–H and O–H groups in total. The van der Waals surface area contributed by atoms with Crippen LogP contribution in [0.4, 0.5) is 0 Å². The molecule has 0 amide bonds. The number of fused-ring (bicyclic) bond motifs is 5. The summed E-state index contributed by atoms with van der Waals surface area (Å²) in [5.74, 6) is -8.59. The molecule has 0 aromatic heterocycles. The lowest BCUT2D eigenvalue weighted by Crippen LogP contribution is -2.75.